The van der Waals surface area contributed by atoms with E-state index in [1.165, 1.54) is 11.3 Å². The van der Waals surface area contributed by atoms with E-state index in [1.54, 1.807) is 0 Å². The SMILES string of the molecule is CC1(C)CN(C(=O)Cc2ccc(Cl)s2)CCN1. The summed E-state index contributed by atoms with van der Waals surface area (Å²) in [7, 11) is 0. The number of nitrogens with zero attached hydrogens (tertiary/aromatic N) is 1. The first kappa shape index (κ1) is 12.9. The first-order chi connectivity index (χ1) is 7.96. The van der Waals surface area contributed by atoms with Crippen LogP contribution < -0.4 is 5.32 Å². The van der Waals surface area contributed by atoms with Gasteiger partial charge in [0.25, 0.3) is 0 Å². The molecule has 1 aromatic rings. The van der Waals surface area contributed by atoms with E-state index < -0.39 is 0 Å². The Labute approximate surface area is 111 Å². The van der Waals surface area contributed by atoms with Gasteiger partial charge >= 0.3 is 0 Å². The first-order valence-electron chi connectivity index (χ1n) is 5.73. The Morgan fingerprint density at radius 1 is 1.59 bits per heavy atom. The van der Waals surface area contributed by atoms with Crippen LogP contribution in [0.25, 0.3) is 0 Å². The molecule has 0 atom stereocenters. The summed E-state index contributed by atoms with van der Waals surface area (Å²) in [5.74, 6) is 0.193. The van der Waals surface area contributed by atoms with Gasteiger partial charge in [-0.25, -0.2) is 0 Å². The molecule has 1 fully saturated rings. The number of hydrogen-bond acceptors (Lipinski definition) is 3. The Morgan fingerprint density at radius 3 is 2.94 bits per heavy atom. The molecule has 1 aliphatic heterocycles. The summed E-state index contributed by atoms with van der Waals surface area (Å²) in [4.78, 5) is 15.1. The highest BCUT2D eigenvalue weighted by molar-refractivity contribution is 7.16. The van der Waals surface area contributed by atoms with E-state index in [0.717, 1.165) is 28.8 Å². The number of carbonyl (C=O) groups is 1. The van der Waals surface area contributed by atoms with E-state index >= 15 is 0 Å². The molecule has 0 spiro atoms. The van der Waals surface area contributed by atoms with Gasteiger partial charge in [-0.15, -0.1) is 11.3 Å². The molecule has 17 heavy (non-hydrogen) atoms. The minimum atomic E-state index is 0.0149. The van der Waals surface area contributed by atoms with Gasteiger partial charge in [-0.1, -0.05) is 11.6 Å². The van der Waals surface area contributed by atoms with Gasteiger partial charge < -0.3 is 10.2 Å². The van der Waals surface area contributed by atoms with Crippen LogP contribution in [0.1, 0.15) is 18.7 Å². The predicted molar refractivity (Wildman–Crippen MR) is 71.7 cm³/mol. The molecular weight excluding hydrogens is 256 g/mol. The zero-order valence-electron chi connectivity index (χ0n) is 10.1. The van der Waals surface area contributed by atoms with Crippen LogP contribution in [0.3, 0.4) is 0 Å². The molecule has 0 bridgehead atoms. The molecule has 1 aromatic heterocycles. The minimum Gasteiger partial charge on any atom is -0.339 e. The zero-order valence-corrected chi connectivity index (χ0v) is 11.7. The van der Waals surface area contributed by atoms with Crippen LogP contribution in [-0.2, 0) is 11.2 Å². The summed E-state index contributed by atoms with van der Waals surface area (Å²) < 4.78 is 0.744. The standard InChI is InChI=1S/C12H17ClN2OS/c1-12(2)8-15(6-5-14-12)11(16)7-9-3-4-10(13)17-9/h3-4,14H,5-8H2,1-2H3. The van der Waals surface area contributed by atoms with Gasteiger partial charge in [0.05, 0.1) is 10.8 Å². The Bertz CT molecular complexity index is 416. The fourth-order valence-electron chi connectivity index (χ4n) is 2.06. The Hall–Kier alpha value is -0.580. The average Bonchev–Trinajstić information content (AvgIpc) is 2.62. The second-order valence-corrected chi connectivity index (χ2v) is 6.81. The van der Waals surface area contributed by atoms with Gasteiger partial charge in [0.2, 0.25) is 5.91 Å². The molecule has 0 saturated carbocycles. The molecular formula is C12H17ClN2OS. The monoisotopic (exact) mass is 272 g/mol. The number of carbonyl (C=O) groups excluding carboxylic acids is 1. The molecule has 0 radical (unpaired) electrons. The summed E-state index contributed by atoms with van der Waals surface area (Å²) >= 11 is 7.34. The maximum Gasteiger partial charge on any atom is 0.227 e. The first-order valence-corrected chi connectivity index (χ1v) is 6.93. The quantitative estimate of drug-likeness (QED) is 0.895. The predicted octanol–water partition coefficient (Wildman–Crippen LogP) is 2.15. The van der Waals surface area contributed by atoms with Crippen molar-refractivity contribution in [3.63, 3.8) is 0 Å². The van der Waals surface area contributed by atoms with Crippen molar-refractivity contribution in [1.82, 2.24) is 10.2 Å². The third-order valence-corrected chi connectivity index (χ3v) is 4.11. The number of amides is 1. The van der Waals surface area contributed by atoms with Gasteiger partial charge in [-0.2, -0.15) is 0 Å². The smallest absolute Gasteiger partial charge is 0.227 e. The molecule has 0 aliphatic carbocycles. The van der Waals surface area contributed by atoms with Crippen LogP contribution in [0.2, 0.25) is 4.34 Å². The van der Waals surface area contributed by atoms with E-state index in [4.69, 9.17) is 11.6 Å². The van der Waals surface area contributed by atoms with Crippen LogP contribution in [0.4, 0.5) is 0 Å². The molecule has 3 nitrogen and oxygen atoms in total. The normalized spacial score (nSPS) is 19.4. The lowest BCUT2D eigenvalue weighted by atomic mass is 10.0. The van der Waals surface area contributed by atoms with Crippen LogP contribution in [0.5, 0.6) is 0 Å². The lowest BCUT2D eigenvalue weighted by molar-refractivity contribution is -0.132. The second-order valence-electron chi connectivity index (χ2n) is 5.01. The minimum absolute atomic E-state index is 0.0149. The topological polar surface area (TPSA) is 32.3 Å². The van der Waals surface area contributed by atoms with E-state index in [-0.39, 0.29) is 11.4 Å². The Kier molecular flexibility index (Phi) is 3.76. The van der Waals surface area contributed by atoms with Gasteiger partial charge in [-0.3, -0.25) is 4.79 Å². The lowest BCUT2D eigenvalue weighted by Gasteiger charge is -2.39. The summed E-state index contributed by atoms with van der Waals surface area (Å²) in [6, 6.07) is 3.77. The van der Waals surface area contributed by atoms with E-state index in [9.17, 15) is 4.79 Å². The van der Waals surface area contributed by atoms with Crippen LogP contribution in [0, 0.1) is 0 Å². The number of hydrogen-bond donors (Lipinski definition) is 1. The average molecular weight is 273 g/mol. The molecule has 0 unspecified atom stereocenters. The third kappa shape index (κ3) is 3.44. The highest BCUT2D eigenvalue weighted by atomic mass is 35.5. The van der Waals surface area contributed by atoms with Crippen molar-refractivity contribution in [3.05, 3.63) is 21.3 Å². The molecule has 2 rings (SSSR count). The van der Waals surface area contributed by atoms with Crippen molar-refractivity contribution < 1.29 is 4.79 Å². The molecule has 2 heterocycles. The molecule has 1 amide bonds. The molecule has 0 aromatic carbocycles. The van der Waals surface area contributed by atoms with E-state index in [1.807, 2.05) is 17.0 Å². The Morgan fingerprint density at radius 2 is 2.35 bits per heavy atom. The summed E-state index contributed by atoms with van der Waals surface area (Å²) in [5.41, 5.74) is 0.0149. The van der Waals surface area contributed by atoms with E-state index in [2.05, 4.69) is 19.2 Å². The van der Waals surface area contributed by atoms with Crippen LogP contribution in [-0.4, -0.2) is 36.0 Å². The second kappa shape index (κ2) is 4.96. The molecule has 1 aliphatic rings. The van der Waals surface area contributed by atoms with Crippen LogP contribution >= 0.6 is 22.9 Å². The maximum atomic E-state index is 12.1. The molecule has 5 heteroatoms. The van der Waals surface area contributed by atoms with Gasteiger partial charge in [0, 0.05) is 30.1 Å². The number of nitrogens with one attached hydrogen (secondary N) is 1. The van der Waals surface area contributed by atoms with E-state index in [0.29, 0.717) is 6.42 Å². The largest absolute Gasteiger partial charge is 0.339 e. The third-order valence-electron chi connectivity index (χ3n) is 2.88. The molecule has 1 N–H and O–H groups in total. The molecule has 1 saturated heterocycles. The van der Waals surface area contributed by atoms with Crippen molar-refractivity contribution >= 4 is 28.8 Å². The maximum absolute atomic E-state index is 12.1. The highest BCUT2D eigenvalue weighted by Gasteiger charge is 2.28. The zero-order chi connectivity index (χ0) is 12.5. The summed E-state index contributed by atoms with van der Waals surface area (Å²) in [5, 5.41) is 3.40. The van der Waals surface area contributed by atoms with Crippen molar-refractivity contribution in [1.29, 1.82) is 0 Å². The van der Waals surface area contributed by atoms with Gasteiger partial charge in [0.1, 0.15) is 0 Å². The fourth-order valence-corrected chi connectivity index (χ4v) is 3.14. The summed E-state index contributed by atoms with van der Waals surface area (Å²) in [6.45, 7) is 6.67. The number of thiophene rings is 1. The van der Waals surface area contributed by atoms with Crippen LogP contribution in [0.15, 0.2) is 12.1 Å². The van der Waals surface area contributed by atoms with Crippen molar-refractivity contribution in [3.8, 4) is 0 Å². The fraction of sp³-hybridized carbons (Fsp3) is 0.583. The Balaban J connectivity index is 1.96. The van der Waals surface area contributed by atoms with Crippen molar-refractivity contribution in [2.75, 3.05) is 19.6 Å². The number of rotatable bonds is 2. The van der Waals surface area contributed by atoms with Crippen molar-refractivity contribution in [2.45, 2.75) is 25.8 Å². The van der Waals surface area contributed by atoms with Gasteiger partial charge in [0.15, 0.2) is 0 Å². The number of halogens is 1. The molecule has 94 valence electrons. The highest BCUT2D eigenvalue weighted by Crippen LogP contribution is 2.22. The summed E-state index contributed by atoms with van der Waals surface area (Å²) in [6.07, 6.45) is 0.466. The van der Waals surface area contributed by atoms with Gasteiger partial charge in [-0.05, 0) is 26.0 Å². The number of piperazine rings is 1. The van der Waals surface area contributed by atoms with Crippen molar-refractivity contribution in [2.24, 2.45) is 0 Å². The lowest BCUT2D eigenvalue weighted by Crippen LogP contribution is -2.58.